The van der Waals surface area contributed by atoms with Gasteiger partial charge >= 0.3 is 0 Å². The third kappa shape index (κ3) is 4.09. The van der Waals surface area contributed by atoms with Gasteiger partial charge in [0.25, 0.3) is 11.5 Å². The van der Waals surface area contributed by atoms with Crippen molar-refractivity contribution in [3.8, 4) is 11.3 Å². The Morgan fingerprint density at radius 1 is 1.13 bits per heavy atom. The van der Waals surface area contributed by atoms with Crippen LogP contribution >= 0.6 is 11.6 Å². The Balaban J connectivity index is 1.76. The van der Waals surface area contributed by atoms with Gasteiger partial charge in [0.1, 0.15) is 11.7 Å². The summed E-state index contributed by atoms with van der Waals surface area (Å²) in [4.78, 5) is 39.7. The van der Waals surface area contributed by atoms with E-state index in [-0.39, 0.29) is 17.5 Å². The summed E-state index contributed by atoms with van der Waals surface area (Å²) in [6.45, 7) is 3.51. The molecule has 7 nitrogen and oxygen atoms in total. The van der Waals surface area contributed by atoms with Crippen molar-refractivity contribution < 1.29 is 9.59 Å². The lowest BCUT2D eigenvalue weighted by Gasteiger charge is -2.23. The van der Waals surface area contributed by atoms with Crippen molar-refractivity contribution >= 4 is 34.8 Å². The van der Waals surface area contributed by atoms with E-state index in [4.69, 9.17) is 11.6 Å². The number of halogens is 1. The summed E-state index contributed by atoms with van der Waals surface area (Å²) >= 11 is 5.98. The Labute approximate surface area is 184 Å². The van der Waals surface area contributed by atoms with E-state index in [1.54, 1.807) is 36.1 Å². The van der Waals surface area contributed by atoms with Crippen LogP contribution in [0.5, 0.6) is 0 Å². The summed E-state index contributed by atoms with van der Waals surface area (Å²) in [5.74, 6) is -0.620. The Morgan fingerprint density at radius 2 is 1.84 bits per heavy atom. The van der Waals surface area contributed by atoms with Crippen LogP contribution in [0.1, 0.15) is 25.5 Å². The Bertz CT molecular complexity index is 1220. The van der Waals surface area contributed by atoms with E-state index in [0.29, 0.717) is 22.8 Å². The molecular weight excluding hydrogens is 416 g/mol. The van der Waals surface area contributed by atoms with Crippen molar-refractivity contribution in [2.24, 2.45) is 0 Å². The van der Waals surface area contributed by atoms with E-state index >= 15 is 0 Å². The van der Waals surface area contributed by atoms with E-state index in [0.717, 1.165) is 22.4 Å². The maximum Gasteiger partial charge on any atom is 0.291 e. The van der Waals surface area contributed by atoms with Gasteiger partial charge < -0.3 is 10.2 Å². The van der Waals surface area contributed by atoms with Crippen LogP contribution in [-0.4, -0.2) is 28.1 Å². The van der Waals surface area contributed by atoms with E-state index < -0.39 is 11.6 Å². The first-order valence-electron chi connectivity index (χ1n) is 9.92. The summed E-state index contributed by atoms with van der Waals surface area (Å²) < 4.78 is 1.14. The predicted octanol–water partition coefficient (Wildman–Crippen LogP) is 3.67. The summed E-state index contributed by atoms with van der Waals surface area (Å²) in [7, 11) is 0. The molecule has 1 aromatic heterocycles. The zero-order valence-corrected chi connectivity index (χ0v) is 17.9. The minimum atomic E-state index is -0.863. The molecule has 3 aromatic rings. The van der Waals surface area contributed by atoms with Crippen LogP contribution in [0.2, 0.25) is 5.02 Å². The number of carbonyl (C=O) groups is 2. The number of rotatable bonds is 4. The summed E-state index contributed by atoms with van der Waals surface area (Å²) in [5.41, 5.74) is 2.62. The van der Waals surface area contributed by atoms with Crippen LogP contribution in [0.25, 0.3) is 11.3 Å². The van der Waals surface area contributed by atoms with Gasteiger partial charge in [-0.3, -0.25) is 14.4 Å². The van der Waals surface area contributed by atoms with E-state index in [9.17, 15) is 14.4 Å². The molecule has 0 spiro atoms. The number of amides is 2. The number of aromatic nitrogens is 2. The largest absolute Gasteiger partial charge is 0.322 e. The van der Waals surface area contributed by atoms with Crippen LogP contribution in [0.15, 0.2) is 59.4 Å². The fourth-order valence-corrected chi connectivity index (χ4v) is 3.84. The molecule has 0 bridgehead atoms. The number of benzene rings is 2. The van der Waals surface area contributed by atoms with Crippen molar-refractivity contribution in [2.75, 3.05) is 16.8 Å². The molecule has 0 aliphatic carbocycles. The fraction of sp³-hybridized carbons (Fsp3) is 0.217. The number of hydrogen-bond acceptors (Lipinski definition) is 4. The Hall–Kier alpha value is -3.45. The second-order valence-electron chi connectivity index (χ2n) is 7.43. The number of carbonyl (C=O) groups excluding carboxylic acids is 2. The quantitative estimate of drug-likeness (QED) is 0.676. The van der Waals surface area contributed by atoms with Gasteiger partial charge in [-0.25, -0.2) is 4.68 Å². The second-order valence-corrected chi connectivity index (χ2v) is 7.86. The zero-order valence-electron chi connectivity index (χ0n) is 17.1. The Morgan fingerprint density at radius 3 is 2.55 bits per heavy atom. The average Bonchev–Trinajstić information content (AvgIpc) is 3.18. The summed E-state index contributed by atoms with van der Waals surface area (Å²) in [6, 6.07) is 15.3. The third-order valence-corrected chi connectivity index (χ3v) is 5.52. The minimum Gasteiger partial charge on any atom is -0.322 e. The smallest absolute Gasteiger partial charge is 0.291 e. The van der Waals surface area contributed by atoms with Crippen molar-refractivity contribution in [3.05, 3.63) is 75.5 Å². The number of fused-ring (bicyclic) bond motifs is 1. The molecule has 1 aliphatic rings. The van der Waals surface area contributed by atoms with Crippen molar-refractivity contribution in [2.45, 2.75) is 26.3 Å². The van der Waals surface area contributed by atoms with Crippen LogP contribution < -0.4 is 15.8 Å². The van der Waals surface area contributed by atoms with Crippen LogP contribution in [0.3, 0.4) is 0 Å². The molecule has 4 rings (SSSR count). The Kier molecular flexibility index (Phi) is 5.61. The van der Waals surface area contributed by atoms with E-state index in [1.165, 1.54) is 13.0 Å². The van der Waals surface area contributed by atoms with E-state index in [1.807, 2.05) is 24.3 Å². The fourth-order valence-electron chi connectivity index (χ4n) is 3.71. The highest BCUT2D eigenvalue weighted by atomic mass is 35.5. The first-order chi connectivity index (χ1) is 14.8. The topological polar surface area (TPSA) is 84.3 Å². The molecule has 0 saturated carbocycles. The molecule has 0 unspecified atom stereocenters. The lowest BCUT2D eigenvalue weighted by Crippen LogP contribution is -2.40. The molecule has 0 radical (unpaired) electrons. The van der Waals surface area contributed by atoms with Crippen molar-refractivity contribution in [1.29, 1.82) is 0 Å². The van der Waals surface area contributed by atoms with Gasteiger partial charge in [0, 0.05) is 29.7 Å². The lowest BCUT2D eigenvalue weighted by molar-refractivity contribution is -0.121. The molecule has 158 valence electrons. The molecule has 1 aliphatic heterocycles. The molecule has 2 amide bonds. The maximum absolute atomic E-state index is 13.3. The molecule has 8 heteroatoms. The maximum atomic E-state index is 13.3. The number of anilines is 2. The molecule has 0 saturated heterocycles. The van der Waals surface area contributed by atoms with Gasteiger partial charge in [-0.2, -0.15) is 5.10 Å². The van der Waals surface area contributed by atoms with Crippen LogP contribution in [0, 0.1) is 0 Å². The first-order valence-corrected chi connectivity index (χ1v) is 10.3. The van der Waals surface area contributed by atoms with E-state index in [2.05, 4.69) is 10.4 Å². The number of hydrogen-bond donors (Lipinski definition) is 1. The van der Waals surface area contributed by atoms with Gasteiger partial charge in [-0.15, -0.1) is 0 Å². The van der Waals surface area contributed by atoms with Crippen LogP contribution in [-0.2, 0) is 16.0 Å². The predicted molar refractivity (Wildman–Crippen MR) is 120 cm³/mol. The van der Waals surface area contributed by atoms with Gasteiger partial charge in [0.2, 0.25) is 5.91 Å². The highest BCUT2D eigenvalue weighted by Gasteiger charge is 2.30. The van der Waals surface area contributed by atoms with Crippen molar-refractivity contribution in [1.82, 2.24) is 9.78 Å². The second kappa shape index (κ2) is 8.35. The SMILES string of the molecule is CC(=O)Nc1cc(-c2ccc(Cl)cc2)nn([C@H](C)C(=O)N2CCc3ccccc32)c1=O. The van der Waals surface area contributed by atoms with Gasteiger partial charge in [-0.05, 0) is 43.2 Å². The molecule has 2 aromatic carbocycles. The van der Waals surface area contributed by atoms with Crippen LogP contribution in [0.4, 0.5) is 11.4 Å². The zero-order chi connectivity index (χ0) is 22.1. The molecule has 2 heterocycles. The molecule has 1 atom stereocenters. The first kappa shape index (κ1) is 20.8. The molecule has 0 fully saturated rings. The molecule has 31 heavy (non-hydrogen) atoms. The van der Waals surface area contributed by atoms with Gasteiger partial charge in [0.05, 0.1) is 5.69 Å². The van der Waals surface area contributed by atoms with Gasteiger partial charge in [0.15, 0.2) is 0 Å². The summed E-state index contributed by atoms with van der Waals surface area (Å²) in [6.07, 6.45) is 0.763. The minimum absolute atomic E-state index is 0.0638. The average molecular weight is 437 g/mol. The van der Waals surface area contributed by atoms with Crippen molar-refractivity contribution in [3.63, 3.8) is 0 Å². The number of para-hydroxylation sites is 1. The highest BCUT2D eigenvalue weighted by Crippen LogP contribution is 2.29. The number of nitrogens with one attached hydrogen (secondary N) is 1. The number of nitrogens with zero attached hydrogens (tertiary/aromatic N) is 3. The molecular formula is C23H21ClN4O3. The lowest BCUT2D eigenvalue weighted by atomic mass is 10.1. The summed E-state index contributed by atoms with van der Waals surface area (Å²) in [5, 5.41) is 7.57. The highest BCUT2D eigenvalue weighted by molar-refractivity contribution is 6.30. The standard InChI is InChI=1S/C23H21ClN4O3/c1-14(22(30)27-12-11-17-5-3-4-6-21(17)27)28-23(31)20(25-15(2)29)13-19(26-28)16-7-9-18(24)10-8-16/h3-10,13-14H,11-12H2,1-2H3,(H,25,29)/t14-/m1/s1. The van der Waals surface area contributed by atoms with Gasteiger partial charge in [-0.1, -0.05) is 41.9 Å². The molecule has 1 N–H and O–H groups in total. The third-order valence-electron chi connectivity index (χ3n) is 5.26. The monoisotopic (exact) mass is 436 g/mol. The normalized spacial score (nSPS) is 13.6.